The Morgan fingerprint density at radius 3 is 2.09 bits per heavy atom. The number of hydrogen-bond donors (Lipinski definition) is 1. The topological polar surface area (TPSA) is 87.0 Å². The molecule has 22 heavy (non-hydrogen) atoms. The van der Waals surface area contributed by atoms with Gasteiger partial charge in [0.2, 0.25) is 5.91 Å². The van der Waals surface area contributed by atoms with E-state index in [9.17, 15) is 18.5 Å². The lowest BCUT2D eigenvalue weighted by Crippen LogP contribution is -2.39. The molecule has 0 spiro atoms. The van der Waals surface area contributed by atoms with Crippen molar-refractivity contribution in [2.75, 3.05) is 6.26 Å². The van der Waals surface area contributed by atoms with Crippen molar-refractivity contribution >= 4 is 15.7 Å². The highest BCUT2D eigenvalue weighted by molar-refractivity contribution is 7.92. The Hall–Kier alpha value is -1.87. The first-order chi connectivity index (χ1) is 9.96. The lowest BCUT2D eigenvalue weighted by atomic mass is 9.86. The molecule has 0 aliphatic rings. The first-order valence-corrected chi connectivity index (χ1v) is 8.91. The number of nitriles is 1. The van der Waals surface area contributed by atoms with E-state index < -0.39 is 27.0 Å². The van der Waals surface area contributed by atoms with Crippen LogP contribution in [0.1, 0.15) is 44.9 Å². The molecule has 0 aliphatic carbocycles. The molecule has 0 saturated carbocycles. The van der Waals surface area contributed by atoms with E-state index >= 15 is 0 Å². The van der Waals surface area contributed by atoms with Gasteiger partial charge in [0.05, 0.1) is 6.07 Å². The predicted molar refractivity (Wildman–Crippen MR) is 85.9 cm³/mol. The predicted octanol–water partition coefficient (Wildman–Crippen LogP) is 2.10. The van der Waals surface area contributed by atoms with E-state index in [2.05, 4.69) is 26.1 Å². The van der Waals surface area contributed by atoms with E-state index in [1.54, 1.807) is 12.1 Å². The summed E-state index contributed by atoms with van der Waals surface area (Å²) in [5.74, 6) is -0.672. The maximum atomic E-state index is 11.9. The van der Waals surface area contributed by atoms with Crippen molar-refractivity contribution in [1.29, 1.82) is 5.26 Å². The quantitative estimate of drug-likeness (QED) is 0.919. The van der Waals surface area contributed by atoms with E-state index in [0.717, 1.165) is 11.8 Å². The number of nitrogens with zero attached hydrogens (tertiary/aromatic N) is 1. The maximum Gasteiger partial charge on any atom is 0.239 e. The highest BCUT2D eigenvalue weighted by Crippen LogP contribution is 2.24. The van der Waals surface area contributed by atoms with Gasteiger partial charge >= 0.3 is 0 Å². The fraction of sp³-hybridized carbons (Fsp3) is 0.500. The Labute approximate surface area is 132 Å². The molecule has 1 N–H and O–H groups in total. The second kappa shape index (κ2) is 6.49. The standard InChI is InChI=1S/C16H22N2O3S/c1-11(22(5,20)21)15(19)18-14(10-17)12-6-8-13(9-7-12)16(2,3)4/h6-9,11,14H,1-5H3,(H,18,19). The molecule has 6 heteroatoms. The van der Waals surface area contributed by atoms with Crippen LogP contribution in [0.2, 0.25) is 0 Å². The summed E-state index contributed by atoms with van der Waals surface area (Å²) in [6.45, 7) is 7.56. The molecule has 0 bridgehead atoms. The average molecular weight is 322 g/mol. The van der Waals surface area contributed by atoms with Crippen LogP contribution in [0, 0.1) is 11.3 Å². The SMILES string of the molecule is CC(C(=O)NC(C#N)c1ccc(C(C)(C)C)cc1)S(C)(=O)=O. The van der Waals surface area contributed by atoms with Crippen molar-refractivity contribution in [3.05, 3.63) is 35.4 Å². The van der Waals surface area contributed by atoms with Gasteiger partial charge < -0.3 is 5.32 Å². The summed E-state index contributed by atoms with van der Waals surface area (Å²) >= 11 is 0. The molecular formula is C16H22N2O3S. The molecule has 5 nitrogen and oxygen atoms in total. The molecule has 1 rings (SSSR count). The number of carbonyl (C=O) groups excluding carboxylic acids is 1. The van der Waals surface area contributed by atoms with Crippen LogP contribution >= 0.6 is 0 Å². The Morgan fingerprint density at radius 1 is 1.23 bits per heavy atom. The van der Waals surface area contributed by atoms with Crippen LogP contribution in [-0.2, 0) is 20.0 Å². The van der Waals surface area contributed by atoms with Gasteiger partial charge in [0.1, 0.15) is 11.3 Å². The van der Waals surface area contributed by atoms with E-state index in [4.69, 9.17) is 0 Å². The van der Waals surface area contributed by atoms with Crippen molar-refractivity contribution in [3.63, 3.8) is 0 Å². The molecule has 0 aliphatic heterocycles. The summed E-state index contributed by atoms with van der Waals surface area (Å²) in [5.41, 5.74) is 1.74. The molecule has 2 unspecified atom stereocenters. The normalized spacial score (nSPS) is 14.7. The molecular weight excluding hydrogens is 300 g/mol. The third-order valence-corrected chi connectivity index (χ3v) is 5.04. The van der Waals surface area contributed by atoms with Crippen LogP contribution in [-0.4, -0.2) is 25.8 Å². The van der Waals surface area contributed by atoms with Crippen LogP contribution in [0.25, 0.3) is 0 Å². The number of rotatable bonds is 4. The zero-order valence-electron chi connectivity index (χ0n) is 13.5. The van der Waals surface area contributed by atoms with Crippen LogP contribution in [0.15, 0.2) is 24.3 Å². The van der Waals surface area contributed by atoms with Crippen LogP contribution < -0.4 is 5.32 Å². The summed E-state index contributed by atoms with van der Waals surface area (Å²) in [6, 6.07) is 8.49. The van der Waals surface area contributed by atoms with Gasteiger partial charge in [-0.05, 0) is 23.5 Å². The lowest BCUT2D eigenvalue weighted by Gasteiger charge is -2.20. The minimum absolute atomic E-state index is 0.00524. The fourth-order valence-electron chi connectivity index (χ4n) is 1.82. The molecule has 2 atom stereocenters. The van der Waals surface area contributed by atoms with Crippen LogP contribution in [0.3, 0.4) is 0 Å². The summed E-state index contributed by atoms with van der Waals surface area (Å²) in [6.07, 6.45) is 0.997. The Bertz CT molecular complexity index is 680. The Balaban J connectivity index is 2.94. The summed E-state index contributed by atoms with van der Waals surface area (Å²) in [5, 5.41) is 10.5. The number of benzene rings is 1. The van der Waals surface area contributed by atoms with E-state index in [1.807, 2.05) is 18.2 Å². The number of hydrogen-bond acceptors (Lipinski definition) is 4. The van der Waals surface area contributed by atoms with Crippen LogP contribution in [0.4, 0.5) is 0 Å². The van der Waals surface area contributed by atoms with Crippen molar-refractivity contribution in [1.82, 2.24) is 5.32 Å². The molecule has 0 radical (unpaired) electrons. The molecule has 1 amide bonds. The van der Waals surface area contributed by atoms with Crippen molar-refractivity contribution in [2.24, 2.45) is 0 Å². The smallest absolute Gasteiger partial charge is 0.239 e. The molecule has 120 valence electrons. The molecule has 0 aromatic heterocycles. The highest BCUT2D eigenvalue weighted by Gasteiger charge is 2.26. The molecule has 0 heterocycles. The summed E-state index contributed by atoms with van der Waals surface area (Å²) in [4.78, 5) is 11.9. The average Bonchev–Trinajstić information content (AvgIpc) is 2.41. The van der Waals surface area contributed by atoms with Gasteiger partial charge in [0.25, 0.3) is 0 Å². The summed E-state index contributed by atoms with van der Waals surface area (Å²) < 4.78 is 22.8. The number of sulfone groups is 1. The molecule has 0 saturated heterocycles. The molecule has 1 aromatic rings. The zero-order valence-corrected chi connectivity index (χ0v) is 14.4. The van der Waals surface area contributed by atoms with Crippen LogP contribution in [0.5, 0.6) is 0 Å². The Morgan fingerprint density at radius 2 is 1.73 bits per heavy atom. The van der Waals surface area contributed by atoms with Crippen molar-refractivity contribution < 1.29 is 13.2 Å². The first-order valence-electron chi connectivity index (χ1n) is 6.96. The molecule has 0 fully saturated rings. The van der Waals surface area contributed by atoms with Gasteiger partial charge in [0.15, 0.2) is 9.84 Å². The third-order valence-electron chi connectivity index (χ3n) is 3.54. The van der Waals surface area contributed by atoms with Gasteiger partial charge in [-0.25, -0.2) is 8.42 Å². The third kappa shape index (κ3) is 4.57. The largest absolute Gasteiger partial charge is 0.336 e. The van der Waals surface area contributed by atoms with Crippen molar-refractivity contribution in [2.45, 2.75) is 44.4 Å². The zero-order chi connectivity index (χ0) is 17.1. The fourth-order valence-corrected chi connectivity index (χ4v) is 2.28. The van der Waals surface area contributed by atoms with Gasteiger partial charge in [-0.1, -0.05) is 45.0 Å². The van der Waals surface area contributed by atoms with Gasteiger partial charge in [0, 0.05) is 6.26 Å². The van der Waals surface area contributed by atoms with E-state index in [1.165, 1.54) is 6.92 Å². The maximum absolute atomic E-state index is 11.9. The van der Waals surface area contributed by atoms with E-state index in [-0.39, 0.29) is 5.41 Å². The number of carbonyl (C=O) groups is 1. The highest BCUT2D eigenvalue weighted by atomic mass is 32.2. The Kier molecular flexibility index (Phi) is 5.36. The van der Waals surface area contributed by atoms with Gasteiger partial charge in [-0.15, -0.1) is 0 Å². The minimum Gasteiger partial charge on any atom is -0.336 e. The van der Waals surface area contributed by atoms with Gasteiger partial charge in [-0.2, -0.15) is 5.26 Å². The lowest BCUT2D eigenvalue weighted by molar-refractivity contribution is -0.120. The first kappa shape index (κ1) is 18.2. The second-order valence-corrected chi connectivity index (χ2v) is 8.78. The number of amides is 1. The summed E-state index contributed by atoms with van der Waals surface area (Å²) in [7, 11) is -3.49. The second-order valence-electron chi connectivity index (χ2n) is 6.41. The minimum atomic E-state index is -3.49. The van der Waals surface area contributed by atoms with Crippen molar-refractivity contribution in [3.8, 4) is 6.07 Å². The van der Waals surface area contributed by atoms with E-state index in [0.29, 0.717) is 5.56 Å². The number of nitrogens with one attached hydrogen (secondary N) is 1. The molecule has 1 aromatic carbocycles. The monoisotopic (exact) mass is 322 g/mol. The van der Waals surface area contributed by atoms with Gasteiger partial charge in [-0.3, -0.25) is 4.79 Å².